The Labute approximate surface area is 94.6 Å². The van der Waals surface area contributed by atoms with Gasteiger partial charge in [-0.3, -0.25) is 0 Å². The molecule has 13 heavy (non-hydrogen) atoms. The minimum atomic E-state index is 0.871. The fraction of sp³-hybridized carbons (Fsp3) is 0.667. The van der Waals surface area contributed by atoms with Crippen molar-refractivity contribution in [3.05, 3.63) is 24.3 Å². The molecule has 0 spiro atoms. The van der Waals surface area contributed by atoms with Crippen LogP contribution in [0.25, 0.3) is 0 Å². The topological polar surface area (TPSA) is 0 Å². The molecule has 0 amide bonds. The average molecular weight is 288 g/mol. The van der Waals surface area contributed by atoms with Crippen molar-refractivity contribution in [3.8, 4) is 0 Å². The van der Waals surface area contributed by atoms with E-state index in [1.54, 1.807) is 0 Å². The molecule has 0 nitrogen and oxygen atoms in total. The second-order valence-corrected chi connectivity index (χ2v) is 5.75. The molecule has 0 saturated carbocycles. The zero-order valence-corrected chi connectivity index (χ0v) is 10.1. The predicted molar refractivity (Wildman–Crippen MR) is 66.2 cm³/mol. The van der Waals surface area contributed by atoms with Crippen molar-refractivity contribution in [2.24, 2.45) is 11.8 Å². The van der Waals surface area contributed by atoms with Gasteiger partial charge in [0.2, 0.25) is 0 Å². The summed E-state index contributed by atoms with van der Waals surface area (Å²) in [6.45, 7) is 0. The van der Waals surface area contributed by atoms with E-state index in [0.717, 1.165) is 15.8 Å². The number of rotatable bonds is 1. The maximum atomic E-state index is 2.64. The van der Waals surface area contributed by atoms with Gasteiger partial charge in [-0.25, -0.2) is 0 Å². The van der Waals surface area contributed by atoms with Crippen molar-refractivity contribution in [1.29, 1.82) is 0 Å². The van der Waals surface area contributed by atoms with Crippen LogP contribution < -0.4 is 0 Å². The predicted octanol–water partition coefficient (Wildman–Crippen LogP) is 4.11. The Morgan fingerprint density at radius 3 is 2.62 bits per heavy atom. The Balaban J connectivity index is 2.01. The number of hydrogen-bond donors (Lipinski definition) is 0. The maximum Gasteiger partial charge on any atom is 0.0181 e. The molecule has 0 N–H and O–H groups in total. The van der Waals surface area contributed by atoms with Crippen molar-refractivity contribution < 1.29 is 0 Å². The monoisotopic (exact) mass is 288 g/mol. The van der Waals surface area contributed by atoms with Crippen LogP contribution in [-0.4, -0.2) is 3.92 Å². The third-order valence-corrected chi connectivity index (χ3v) is 4.67. The zero-order chi connectivity index (χ0) is 9.10. The third-order valence-electron chi connectivity index (χ3n) is 3.24. The van der Waals surface area contributed by atoms with Crippen LogP contribution in [0.3, 0.4) is 0 Å². The van der Waals surface area contributed by atoms with Crippen LogP contribution >= 0.6 is 22.6 Å². The van der Waals surface area contributed by atoms with E-state index in [9.17, 15) is 0 Å². The summed E-state index contributed by atoms with van der Waals surface area (Å²) in [5, 5.41) is 0. The summed E-state index contributed by atoms with van der Waals surface area (Å²) >= 11 is 2.64. The Morgan fingerprint density at radius 1 is 1.08 bits per heavy atom. The van der Waals surface area contributed by atoms with Gasteiger partial charge in [-0.2, -0.15) is 0 Å². The van der Waals surface area contributed by atoms with Gasteiger partial charge >= 0.3 is 0 Å². The molecule has 0 aromatic rings. The second-order valence-electron chi connectivity index (χ2n) is 4.15. The smallest absolute Gasteiger partial charge is 0.0181 e. The van der Waals surface area contributed by atoms with E-state index in [1.165, 1.54) is 32.1 Å². The minimum absolute atomic E-state index is 0.871. The molecule has 1 heteroatoms. The molecule has 2 aliphatic carbocycles. The Bertz CT molecular complexity index is 217. The first-order valence-corrected chi connectivity index (χ1v) is 6.58. The quantitative estimate of drug-likeness (QED) is 0.387. The number of alkyl halides is 1. The van der Waals surface area contributed by atoms with Crippen LogP contribution in [0.1, 0.15) is 32.1 Å². The Kier molecular flexibility index (Phi) is 3.47. The molecule has 3 atom stereocenters. The highest BCUT2D eigenvalue weighted by Gasteiger charge is 2.27. The van der Waals surface area contributed by atoms with Gasteiger partial charge < -0.3 is 0 Å². The highest BCUT2D eigenvalue weighted by atomic mass is 127. The van der Waals surface area contributed by atoms with Crippen LogP contribution in [0.15, 0.2) is 24.3 Å². The largest absolute Gasteiger partial charge is 0.0882 e. The summed E-state index contributed by atoms with van der Waals surface area (Å²) < 4.78 is 0.871. The molecule has 72 valence electrons. The van der Waals surface area contributed by atoms with Crippen molar-refractivity contribution in [2.45, 2.75) is 36.0 Å². The minimum Gasteiger partial charge on any atom is -0.0882 e. The number of halogens is 1. The van der Waals surface area contributed by atoms with Gasteiger partial charge in [-0.15, -0.1) is 0 Å². The highest BCUT2D eigenvalue weighted by molar-refractivity contribution is 14.1. The van der Waals surface area contributed by atoms with Crippen molar-refractivity contribution in [3.63, 3.8) is 0 Å². The lowest BCUT2D eigenvalue weighted by Crippen LogP contribution is -2.24. The van der Waals surface area contributed by atoms with E-state index in [1.807, 2.05) is 0 Å². The zero-order valence-electron chi connectivity index (χ0n) is 7.95. The van der Waals surface area contributed by atoms with E-state index in [4.69, 9.17) is 0 Å². The second kappa shape index (κ2) is 4.63. The van der Waals surface area contributed by atoms with E-state index in [2.05, 4.69) is 46.9 Å². The summed E-state index contributed by atoms with van der Waals surface area (Å²) in [6.07, 6.45) is 16.3. The lowest BCUT2D eigenvalue weighted by molar-refractivity contribution is 0.349. The summed E-state index contributed by atoms with van der Waals surface area (Å²) in [7, 11) is 0. The van der Waals surface area contributed by atoms with Crippen molar-refractivity contribution >= 4 is 22.6 Å². The van der Waals surface area contributed by atoms with Crippen molar-refractivity contribution in [2.75, 3.05) is 0 Å². The molecule has 0 aliphatic heterocycles. The summed E-state index contributed by atoms with van der Waals surface area (Å²) in [5.74, 6) is 1.79. The fourth-order valence-corrected chi connectivity index (χ4v) is 3.56. The van der Waals surface area contributed by atoms with Crippen LogP contribution in [0.2, 0.25) is 0 Å². The maximum absolute atomic E-state index is 2.64. The molecule has 0 bridgehead atoms. The summed E-state index contributed by atoms with van der Waals surface area (Å²) in [5.41, 5.74) is 0. The first-order valence-electron chi connectivity index (χ1n) is 5.33. The van der Waals surface area contributed by atoms with Crippen molar-refractivity contribution in [1.82, 2.24) is 0 Å². The third kappa shape index (κ3) is 2.36. The molecule has 0 fully saturated rings. The van der Waals surface area contributed by atoms with Crippen LogP contribution in [0.4, 0.5) is 0 Å². The molecule has 0 saturated heterocycles. The van der Waals surface area contributed by atoms with Gasteiger partial charge in [0.1, 0.15) is 0 Å². The van der Waals surface area contributed by atoms with Gasteiger partial charge in [0.05, 0.1) is 0 Å². The van der Waals surface area contributed by atoms with Gasteiger partial charge in [0, 0.05) is 3.92 Å². The van der Waals surface area contributed by atoms with Crippen LogP contribution in [-0.2, 0) is 0 Å². The molecule has 0 aromatic heterocycles. The molecular formula is C12H17I. The van der Waals surface area contributed by atoms with E-state index >= 15 is 0 Å². The van der Waals surface area contributed by atoms with Gasteiger partial charge in [-0.1, -0.05) is 46.9 Å². The first-order chi connectivity index (χ1) is 6.38. The summed E-state index contributed by atoms with van der Waals surface area (Å²) in [6, 6.07) is 0. The average Bonchev–Trinajstić information content (AvgIpc) is 2.20. The number of hydrogen-bond acceptors (Lipinski definition) is 0. The lowest BCUT2D eigenvalue weighted by atomic mass is 9.78. The van der Waals surface area contributed by atoms with E-state index in [-0.39, 0.29) is 0 Å². The van der Waals surface area contributed by atoms with Gasteiger partial charge in [-0.05, 0) is 43.9 Å². The highest BCUT2D eigenvalue weighted by Crippen LogP contribution is 2.36. The van der Waals surface area contributed by atoms with Gasteiger partial charge in [0.25, 0.3) is 0 Å². The molecule has 0 radical (unpaired) electrons. The molecular weight excluding hydrogens is 271 g/mol. The molecule has 0 heterocycles. The van der Waals surface area contributed by atoms with E-state index < -0.39 is 0 Å². The van der Waals surface area contributed by atoms with E-state index in [0.29, 0.717) is 0 Å². The summed E-state index contributed by atoms with van der Waals surface area (Å²) in [4.78, 5) is 0. The Hall–Kier alpha value is 0.210. The molecule has 3 unspecified atom stereocenters. The first kappa shape index (κ1) is 9.75. The van der Waals surface area contributed by atoms with Gasteiger partial charge in [0.15, 0.2) is 0 Å². The fourth-order valence-electron chi connectivity index (χ4n) is 2.44. The Morgan fingerprint density at radius 2 is 1.92 bits per heavy atom. The number of allylic oxidation sites excluding steroid dienone is 4. The molecule has 2 rings (SSSR count). The normalized spacial score (nSPS) is 39.3. The SMILES string of the molecule is IC1CC=CCC1C1C=CCCC1. The van der Waals surface area contributed by atoms with Crippen LogP contribution in [0.5, 0.6) is 0 Å². The standard InChI is InChI=1S/C12H17I/c13-12-9-5-4-8-11(12)10-6-2-1-3-7-10/h2,4-6,10-12H,1,3,7-9H2. The lowest BCUT2D eigenvalue weighted by Gasteiger charge is -2.31. The van der Waals surface area contributed by atoms with Crippen LogP contribution in [0, 0.1) is 11.8 Å². The molecule has 2 aliphatic rings. The molecule has 0 aromatic carbocycles.